The maximum atomic E-state index is 11.6. The average molecular weight is 325 g/mol. The molecule has 0 aromatic heterocycles. The van der Waals surface area contributed by atoms with Crippen molar-refractivity contribution in [2.45, 2.75) is 26.4 Å². The van der Waals surface area contributed by atoms with Gasteiger partial charge in [0.2, 0.25) is 0 Å². The minimum Gasteiger partial charge on any atom is -0.468 e. The van der Waals surface area contributed by atoms with Gasteiger partial charge in [-0.2, -0.15) is 0 Å². The molecule has 1 atom stereocenters. The molecule has 0 saturated heterocycles. The lowest BCUT2D eigenvalue weighted by Crippen LogP contribution is -2.41. The Hall–Kier alpha value is -0.480. The number of carbonyl (C=O) groups excluding carboxylic acids is 1. The Kier molecular flexibility index (Phi) is 6.40. The minimum absolute atomic E-state index is 0.0872. The Balaban J connectivity index is 2.86. The molecule has 1 aromatic carbocycles. The fourth-order valence-corrected chi connectivity index (χ4v) is 2.34. The van der Waals surface area contributed by atoms with Gasteiger partial charge in [-0.1, -0.05) is 48.7 Å². The van der Waals surface area contributed by atoms with Crippen LogP contribution in [0.25, 0.3) is 0 Å². The molecule has 0 amide bonds. The molecule has 0 saturated carbocycles. The Morgan fingerprint density at radius 1 is 1.26 bits per heavy atom. The summed E-state index contributed by atoms with van der Waals surface area (Å²) >= 11 is 18.1. The van der Waals surface area contributed by atoms with Gasteiger partial charge in [-0.05, 0) is 18.1 Å². The zero-order valence-electron chi connectivity index (χ0n) is 11.0. The van der Waals surface area contributed by atoms with Crippen molar-refractivity contribution < 1.29 is 9.53 Å². The van der Waals surface area contributed by atoms with Gasteiger partial charge in [0.1, 0.15) is 6.04 Å². The van der Waals surface area contributed by atoms with E-state index < -0.39 is 6.04 Å². The molecule has 0 heterocycles. The molecule has 0 radical (unpaired) electrons. The van der Waals surface area contributed by atoms with Gasteiger partial charge in [0.15, 0.2) is 0 Å². The van der Waals surface area contributed by atoms with Gasteiger partial charge in [0.05, 0.1) is 17.2 Å². The van der Waals surface area contributed by atoms with E-state index in [-0.39, 0.29) is 11.9 Å². The summed E-state index contributed by atoms with van der Waals surface area (Å²) < 4.78 is 4.75. The molecule has 0 aliphatic rings. The zero-order chi connectivity index (χ0) is 14.6. The average Bonchev–Trinajstić information content (AvgIpc) is 2.37. The van der Waals surface area contributed by atoms with Crippen LogP contribution in [0.2, 0.25) is 15.1 Å². The van der Waals surface area contributed by atoms with Crippen LogP contribution in [0.15, 0.2) is 12.1 Å². The standard InChI is InChI=1S/C13H16Cl3NO2/c1-7(2)12(13(18)19-3)17-6-8-9(14)4-5-10(15)11(8)16/h4-5,7,12,17H,6H2,1-3H3. The maximum Gasteiger partial charge on any atom is 0.323 e. The van der Waals surface area contributed by atoms with Crippen molar-refractivity contribution >= 4 is 40.8 Å². The summed E-state index contributed by atoms with van der Waals surface area (Å²) in [6.45, 7) is 4.20. The van der Waals surface area contributed by atoms with E-state index in [2.05, 4.69) is 5.32 Å². The summed E-state index contributed by atoms with van der Waals surface area (Å²) in [5.41, 5.74) is 0.672. The number of hydrogen-bond acceptors (Lipinski definition) is 3. The second kappa shape index (κ2) is 7.34. The van der Waals surface area contributed by atoms with Gasteiger partial charge in [-0.15, -0.1) is 0 Å². The Morgan fingerprint density at radius 2 is 1.84 bits per heavy atom. The molecule has 0 bridgehead atoms. The number of hydrogen-bond donors (Lipinski definition) is 1. The molecule has 106 valence electrons. The van der Waals surface area contributed by atoms with Gasteiger partial charge in [0.25, 0.3) is 0 Å². The van der Waals surface area contributed by atoms with Crippen LogP contribution in [0.5, 0.6) is 0 Å². The van der Waals surface area contributed by atoms with Crippen LogP contribution in [0.1, 0.15) is 19.4 Å². The second-order valence-electron chi connectivity index (χ2n) is 4.45. The van der Waals surface area contributed by atoms with E-state index in [1.54, 1.807) is 12.1 Å². The molecule has 6 heteroatoms. The van der Waals surface area contributed by atoms with E-state index in [1.807, 2.05) is 13.8 Å². The van der Waals surface area contributed by atoms with Crippen LogP contribution in [0.4, 0.5) is 0 Å². The third-order valence-corrected chi connectivity index (χ3v) is 3.96. The first-order valence-electron chi connectivity index (χ1n) is 5.82. The Morgan fingerprint density at radius 3 is 2.37 bits per heavy atom. The third kappa shape index (κ3) is 4.25. The molecule has 0 fully saturated rings. The van der Waals surface area contributed by atoms with Crippen molar-refractivity contribution in [3.63, 3.8) is 0 Å². The first-order chi connectivity index (χ1) is 8.88. The van der Waals surface area contributed by atoms with Gasteiger partial charge < -0.3 is 4.74 Å². The summed E-state index contributed by atoms with van der Waals surface area (Å²) in [4.78, 5) is 11.6. The molecule has 1 N–H and O–H groups in total. The predicted octanol–water partition coefficient (Wildman–Crippen LogP) is 3.93. The van der Waals surface area contributed by atoms with E-state index in [4.69, 9.17) is 39.5 Å². The minimum atomic E-state index is -0.420. The predicted molar refractivity (Wildman–Crippen MR) is 79.0 cm³/mol. The highest BCUT2D eigenvalue weighted by molar-refractivity contribution is 6.44. The van der Waals surface area contributed by atoms with Crippen LogP contribution in [-0.2, 0) is 16.1 Å². The van der Waals surface area contributed by atoms with E-state index in [0.29, 0.717) is 27.2 Å². The molecule has 1 rings (SSSR count). The number of halogens is 3. The third-order valence-electron chi connectivity index (χ3n) is 2.76. The molecule has 0 spiro atoms. The first-order valence-corrected chi connectivity index (χ1v) is 6.95. The normalized spacial score (nSPS) is 12.6. The van der Waals surface area contributed by atoms with Crippen LogP contribution in [0.3, 0.4) is 0 Å². The largest absolute Gasteiger partial charge is 0.468 e. The van der Waals surface area contributed by atoms with Crippen molar-refractivity contribution in [1.29, 1.82) is 0 Å². The fraction of sp³-hybridized carbons (Fsp3) is 0.462. The smallest absolute Gasteiger partial charge is 0.323 e. The first kappa shape index (κ1) is 16.6. The molecule has 1 unspecified atom stereocenters. The van der Waals surface area contributed by atoms with Crippen molar-refractivity contribution in [3.05, 3.63) is 32.8 Å². The lowest BCUT2D eigenvalue weighted by atomic mass is 10.0. The SMILES string of the molecule is COC(=O)C(NCc1c(Cl)ccc(Cl)c1Cl)C(C)C. The summed E-state index contributed by atoms with van der Waals surface area (Å²) in [5.74, 6) is -0.228. The van der Waals surface area contributed by atoms with Crippen molar-refractivity contribution in [1.82, 2.24) is 5.32 Å². The fourth-order valence-electron chi connectivity index (χ4n) is 1.66. The number of rotatable bonds is 5. The quantitative estimate of drug-likeness (QED) is 0.658. The number of benzene rings is 1. The van der Waals surface area contributed by atoms with Gasteiger partial charge in [-0.3, -0.25) is 10.1 Å². The zero-order valence-corrected chi connectivity index (χ0v) is 13.2. The summed E-state index contributed by atoms with van der Waals surface area (Å²) in [6.07, 6.45) is 0. The molecule has 3 nitrogen and oxygen atoms in total. The van der Waals surface area contributed by atoms with E-state index >= 15 is 0 Å². The van der Waals surface area contributed by atoms with E-state index in [0.717, 1.165) is 0 Å². The lowest BCUT2D eigenvalue weighted by Gasteiger charge is -2.20. The van der Waals surface area contributed by atoms with E-state index in [1.165, 1.54) is 7.11 Å². The second-order valence-corrected chi connectivity index (χ2v) is 5.64. The van der Waals surface area contributed by atoms with Crippen molar-refractivity contribution in [3.8, 4) is 0 Å². The lowest BCUT2D eigenvalue weighted by molar-refractivity contribution is -0.144. The topological polar surface area (TPSA) is 38.3 Å². The summed E-state index contributed by atoms with van der Waals surface area (Å²) in [5, 5.41) is 4.43. The highest BCUT2D eigenvalue weighted by Gasteiger charge is 2.23. The molecular weight excluding hydrogens is 309 g/mol. The monoisotopic (exact) mass is 323 g/mol. The number of methoxy groups -OCH3 is 1. The summed E-state index contributed by atoms with van der Waals surface area (Å²) in [6, 6.07) is 2.89. The number of nitrogens with one attached hydrogen (secondary N) is 1. The van der Waals surface area contributed by atoms with Gasteiger partial charge in [0, 0.05) is 17.1 Å². The Labute approximate surface area is 128 Å². The number of ether oxygens (including phenoxy) is 1. The number of esters is 1. The molecule has 19 heavy (non-hydrogen) atoms. The highest BCUT2D eigenvalue weighted by atomic mass is 35.5. The molecule has 1 aromatic rings. The number of carbonyl (C=O) groups is 1. The van der Waals surface area contributed by atoms with Gasteiger partial charge in [-0.25, -0.2) is 0 Å². The maximum absolute atomic E-state index is 11.6. The van der Waals surface area contributed by atoms with E-state index in [9.17, 15) is 4.79 Å². The van der Waals surface area contributed by atoms with Crippen LogP contribution in [0, 0.1) is 5.92 Å². The van der Waals surface area contributed by atoms with Crippen LogP contribution >= 0.6 is 34.8 Å². The van der Waals surface area contributed by atoms with Crippen molar-refractivity contribution in [2.75, 3.05) is 7.11 Å². The van der Waals surface area contributed by atoms with Crippen LogP contribution < -0.4 is 5.32 Å². The Bertz CT molecular complexity index is 463. The molecular formula is C13H16Cl3NO2. The highest BCUT2D eigenvalue weighted by Crippen LogP contribution is 2.31. The van der Waals surface area contributed by atoms with Crippen LogP contribution in [-0.4, -0.2) is 19.1 Å². The summed E-state index contributed by atoms with van der Waals surface area (Å²) in [7, 11) is 1.36. The van der Waals surface area contributed by atoms with Crippen molar-refractivity contribution in [2.24, 2.45) is 5.92 Å². The molecule has 0 aliphatic carbocycles. The molecule has 0 aliphatic heterocycles. The van der Waals surface area contributed by atoms with Gasteiger partial charge >= 0.3 is 5.97 Å².